The molecule has 0 radical (unpaired) electrons. The number of aliphatic imine (C=N–C) groups is 1. The van der Waals surface area contributed by atoms with Crippen LogP contribution in [0.1, 0.15) is 44.6 Å². The third-order valence-corrected chi connectivity index (χ3v) is 5.71. The highest BCUT2D eigenvalue weighted by Crippen LogP contribution is 2.19. The Morgan fingerprint density at radius 1 is 1.23 bits per heavy atom. The van der Waals surface area contributed by atoms with Crippen LogP contribution in [0.15, 0.2) is 29.3 Å². The van der Waals surface area contributed by atoms with Crippen LogP contribution in [0.5, 0.6) is 5.75 Å². The molecule has 0 aromatic heterocycles. The summed E-state index contributed by atoms with van der Waals surface area (Å²) in [5.74, 6) is 1.89. The maximum absolute atomic E-state index is 6.13. The maximum atomic E-state index is 6.13. The van der Waals surface area contributed by atoms with Crippen LogP contribution in [0, 0.1) is 6.92 Å². The second kappa shape index (κ2) is 13.4. The van der Waals surface area contributed by atoms with E-state index in [1.54, 1.807) is 0 Å². The van der Waals surface area contributed by atoms with Gasteiger partial charge in [-0.15, -0.1) is 24.0 Å². The molecule has 0 amide bonds. The highest BCUT2D eigenvalue weighted by molar-refractivity contribution is 14.0. The molecule has 2 aliphatic rings. The third kappa shape index (κ3) is 7.89. The van der Waals surface area contributed by atoms with Gasteiger partial charge in [-0.05, 0) is 57.6 Å². The van der Waals surface area contributed by atoms with Gasteiger partial charge in [0.25, 0.3) is 0 Å². The molecule has 170 valence electrons. The molecule has 1 aromatic carbocycles. The van der Waals surface area contributed by atoms with E-state index in [9.17, 15) is 0 Å². The van der Waals surface area contributed by atoms with Gasteiger partial charge in [-0.3, -0.25) is 4.99 Å². The molecule has 0 bridgehead atoms. The van der Waals surface area contributed by atoms with Crippen LogP contribution in [0.2, 0.25) is 0 Å². The van der Waals surface area contributed by atoms with Gasteiger partial charge < -0.3 is 24.4 Å². The number of nitrogens with one attached hydrogen (secondary N) is 1. The Labute approximate surface area is 198 Å². The second-order valence-corrected chi connectivity index (χ2v) is 8.13. The number of ether oxygens (including phenoxy) is 3. The Hall–Kier alpha value is -1.06. The first kappa shape index (κ1) is 25.2. The smallest absolute Gasteiger partial charge is 0.193 e. The number of nitrogens with zero attached hydrogens (tertiary/aromatic N) is 2. The van der Waals surface area contributed by atoms with Gasteiger partial charge >= 0.3 is 0 Å². The first-order chi connectivity index (χ1) is 14.2. The van der Waals surface area contributed by atoms with Crippen LogP contribution in [0.4, 0.5) is 0 Å². The first-order valence-corrected chi connectivity index (χ1v) is 11.1. The SMILES string of the molecule is CN=C(NCC(C)Oc1ccccc1C)N1CCC(OCC2CCCCO2)CC1.I. The van der Waals surface area contributed by atoms with Crippen molar-refractivity contribution in [3.63, 3.8) is 0 Å². The van der Waals surface area contributed by atoms with E-state index in [0.717, 1.165) is 69.4 Å². The first-order valence-electron chi connectivity index (χ1n) is 11.1. The number of rotatable bonds is 7. The van der Waals surface area contributed by atoms with Crippen LogP contribution >= 0.6 is 24.0 Å². The monoisotopic (exact) mass is 531 g/mol. The molecule has 1 aromatic rings. The molecule has 30 heavy (non-hydrogen) atoms. The van der Waals surface area contributed by atoms with Crippen molar-refractivity contribution in [3.8, 4) is 5.75 Å². The van der Waals surface area contributed by atoms with E-state index in [2.05, 4.69) is 35.1 Å². The molecule has 2 unspecified atom stereocenters. The average molecular weight is 531 g/mol. The fraction of sp³-hybridized carbons (Fsp3) is 0.696. The molecule has 7 heteroatoms. The lowest BCUT2D eigenvalue weighted by atomic mass is 10.1. The van der Waals surface area contributed by atoms with Gasteiger partial charge in [0.15, 0.2) is 5.96 Å². The predicted octanol–water partition coefficient (Wildman–Crippen LogP) is 4.01. The van der Waals surface area contributed by atoms with Crippen LogP contribution in [-0.2, 0) is 9.47 Å². The molecule has 2 heterocycles. The maximum Gasteiger partial charge on any atom is 0.193 e. The van der Waals surface area contributed by atoms with Crippen LogP contribution < -0.4 is 10.1 Å². The number of aryl methyl sites for hydroxylation is 1. The van der Waals surface area contributed by atoms with Crippen molar-refractivity contribution in [3.05, 3.63) is 29.8 Å². The van der Waals surface area contributed by atoms with Crippen molar-refractivity contribution in [2.24, 2.45) is 4.99 Å². The molecular formula is C23H38IN3O3. The zero-order valence-corrected chi connectivity index (χ0v) is 21.0. The highest BCUT2D eigenvalue weighted by Gasteiger charge is 2.24. The fourth-order valence-corrected chi connectivity index (χ4v) is 3.93. The molecule has 2 aliphatic heterocycles. The molecule has 6 nitrogen and oxygen atoms in total. The molecule has 0 aliphatic carbocycles. The lowest BCUT2D eigenvalue weighted by Gasteiger charge is -2.35. The Balaban J connectivity index is 0.00000320. The van der Waals surface area contributed by atoms with E-state index in [1.165, 1.54) is 12.8 Å². The Morgan fingerprint density at radius 2 is 2.00 bits per heavy atom. The number of benzene rings is 1. The predicted molar refractivity (Wildman–Crippen MR) is 132 cm³/mol. The van der Waals surface area contributed by atoms with E-state index < -0.39 is 0 Å². The minimum atomic E-state index is 0. The van der Waals surface area contributed by atoms with E-state index in [0.29, 0.717) is 12.2 Å². The number of guanidine groups is 1. The number of halogens is 1. The Bertz CT molecular complexity index is 644. The van der Waals surface area contributed by atoms with Crippen molar-refractivity contribution >= 4 is 29.9 Å². The zero-order valence-electron chi connectivity index (χ0n) is 18.6. The summed E-state index contributed by atoms with van der Waals surface area (Å²) >= 11 is 0. The Morgan fingerprint density at radius 3 is 2.67 bits per heavy atom. The Kier molecular flexibility index (Phi) is 11.2. The summed E-state index contributed by atoms with van der Waals surface area (Å²) in [6.07, 6.45) is 6.34. The van der Waals surface area contributed by atoms with Gasteiger partial charge in [-0.1, -0.05) is 18.2 Å². The van der Waals surface area contributed by atoms with E-state index in [1.807, 2.05) is 25.2 Å². The zero-order chi connectivity index (χ0) is 20.5. The van der Waals surface area contributed by atoms with Crippen molar-refractivity contribution in [2.45, 2.75) is 64.3 Å². The van der Waals surface area contributed by atoms with Crippen LogP contribution in [-0.4, -0.2) is 69.1 Å². The lowest BCUT2D eigenvalue weighted by molar-refractivity contribution is -0.0721. The molecule has 2 atom stereocenters. The number of hydrogen-bond acceptors (Lipinski definition) is 4. The molecule has 3 rings (SSSR count). The second-order valence-electron chi connectivity index (χ2n) is 8.13. The van der Waals surface area contributed by atoms with Gasteiger partial charge in [0.2, 0.25) is 0 Å². The molecule has 2 fully saturated rings. The van der Waals surface area contributed by atoms with Crippen molar-refractivity contribution in [1.82, 2.24) is 10.2 Å². The summed E-state index contributed by atoms with van der Waals surface area (Å²) in [7, 11) is 1.85. The highest BCUT2D eigenvalue weighted by atomic mass is 127. The minimum absolute atomic E-state index is 0. The molecule has 1 N–H and O–H groups in total. The third-order valence-electron chi connectivity index (χ3n) is 5.71. The quantitative estimate of drug-likeness (QED) is 0.328. The molecule has 0 saturated carbocycles. The molecule has 0 spiro atoms. The summed E-state index contributed by atoms with van der Waals surface area (Å²) in [6, 6.07) is 8.13. The summed E-state index contributed by atoms with van der Waals surface area (Å²) in [6.45, 7) is 8.43. The minimum Gasteiger partial charge on any atom is -0.489 e. The fourth-order valence-electron chi connectivity index (χ4n) is 3.93. The van der Waals surface area contributed by atoms with Gasteiger partial charge in [-0.2, -0.15) is 0 Å². The van der Waals surface area contributed by atoms with Crippen LogP contribution in [0.3, 0.4) is 0 Å². The summed E-state index contributed by atoms with van der Waals surface area (Å²) < 4.78 is 18.0. The van der Waals surface area contributed by atoms with E-state index in [4.69, 9.17) is 14.2 Å². The topological polar surface area (TPSA) is 55.3 Å². The molecular weight excluding hydrogens is 493 g/mol. The number of hydrogen-bond donors (Lipinski definition) is 1. The van der Waals surface area contributed by atoms with Gasteiger partial charge in [0.1, 0.15) is 11.9 Å². The van der Waals surface area contributed by atoms with Gasteiger partial charge in [0.05, 0.1) is 25.4 Å². The summed E-state index contributed by atoms with van der Waals surface area (Å²) in [4.78, 5) is 6.78. The number of para-hydroxylation sites is 1. The molecule has 2 saturated heterocycles. The summed E-state index contributed by atoms with van der Waals surface area (Å²) in [5.41, 5.74) is 1.16. The largest absolute Gasteiger partial charge is 0.489 e. The van der Waals surface area contributed by atoms with E-state index in [-0.39, 0.29) is 30.1 Å². The van der Waals surface area contributed by atoms with Crippen molar-refractivity contribution in [2.75, 3.05) is 39.9 Å². The van der Waals surface area contributed by atoms with E-state index >= 15 is 0 Å². The number of piperidine rings is 1. The standard InChI is InChI=1S/C23H37N3O3.HI/c1-18-8-4-5-10-22(18)29-19(2)16-25-23(24-3)26-13-11-20(12-14-26)28-17-21-9-6-7-15-27-21;/h4-5,8,10,19-21H,6-7,9,11-17H2,1-3H3,(H,24,25);1H. The number of likely N-dealkylation sites (tertiary alicyclic amines) is 1. The van der Waals surface area contributed by atoms with Gasteiger partial charge in [-0.25, -0.2) is 0 Å². The van der Waals surface area contributed by atoms with Gasteiger partial charge in [0, 0.05) is 26.7 Å². The summed E-state index contributed by atoms with van der Waals surface area (Å²) in [5, 5.41) is 3.47. The normalized spacial score (nSPS) is 21.6. The lowest BCUT2D eigenvalue weighted by Crippen LogP contribution is -2.49. The average Bonchev–Trinajstić information content (AvgIpc) is 2.76. The van der Waals surface area contributed by atoms with Crippen molar-refractivity contribution < 1.29 is 14.2 Å². The van der Waals surface area contributed by atoms with Crippen molar-refractivity contribution in [1.29, 1.82) is 0 Å². The van der Waals surface area contributed by atoms with Crippen LogP contribution in [0.25, 0.3) is 0 Å².